The Kier molecular flexibility index (Phi) is 9.21. The van der Waals surface area contributed by atoms with Crippen LogP contribution in [0.3, 0.4) is 0 Å². The summed E-state index contributed by atoms with van der Waals surface area (Å²) in [6.07, 6.45) is 1.64. The number of para-hydroxylation sites is 1. The minimum Gasteiger partial charge on any atom is -0.466 e. The molecule has 1 aromatic rings. The van der Waals surface area contributed by atoms with Crippen molar-refractivity contribution in [3.63, 3.8) is 0 Å². The predicted octanol–water partition coefficient (Wildman–Crippen LogP) is 4.15. The zero-order valence-corrected chi connectivity index (χ0v) is 15.7. The number of carbonyl (C=O) groups is 2. The van der Waals surface area contributed by atoms with Gasteiger partial charge in [-0.2, -0.15) is 0 Å². The van der Waals surface area contributed by atoms with Gasteiger partial charge in [-0.05, 0) is 38.3 Å². The monoisotopic (exact) mass is 350 g/mol. The van der Waals surface area contributed by atoms with Gasteiger partial charge in [-0.1, -0.05) is 32.0 Å². The number of hydrogen-bond donors (Lipinski definition) is 0. The van der Waals surface area contributed by atoms with Gasteiger partial charge in [-0.25, -0.2) is 0 Å². The van der Waals surface area contributed by atoms with E-state index >= 15 is 0 Å². The summed E-state index contributed by atoms with van der Waals surface area (Å²) in [6, 6.07) is 8.78. The molecule has 0 N–H and O–H groups in total. The topological polar surface area (TPSA) is 61.8 Å². The van der Waals surface area contributed by atoms with E-state index in [4.69, 9.17) is 14.2 Å². The van der Waals surface area contributed by atoms with Crippen LogP contribution in [0.2, 0.25) is 0 Å². The molecule has 0 heterocycles. The van der Waals surface area contributed by atoms with Crippen molar-refractivity contribution in [3.8, 4) is 5.75 Å². The molecule has 0 saturated carbocycles. The standard InChI is InChI=1S/C20H30O5/c1-16(2)12-14-24-20(3,4)13-15-23-18(21)10-11-19(22)25-17-8-6-5-7-9-17/h5-9,16H,10-15H2,1-4H3. The largest absolute Gasteiger partial charge is 0.466 e. The van der Waals surface area contributed by atoms with E-state index in [2.05, 4.69) is 13.8 Å². The van der Waals surface area contributed by atoms with Gasteiger partial charge in [0.25, 0.3) is 0 Å². The smallest absolute Gasteiger partial charge is 0.311 e. The lowest BCUT2D eigenvalue weighted by atomic mass is 10.1. The van der Waals surface area contributed by atoms with Crippen LogP contribution in [0.1, 0.15) is 53.4 Å². The van der Waals surface area contributed by atoms with Gasteiger partial charge in [0.05, 0.1) is 25.0 Å². The number of hydrogen-bond acceptors (Lipinski definition) is 5. The Morgan fingerprint density at radius 1 is 1.00 bits per heavy atom. The van der Waals surface area contributed by atoms with Gasteiger partial charge in [0, 0.05) is 13.0 Å². The van der Waals surface area contributed by atoms with Crippen molar-refractivity contribution < 1.29 is 23.8 Å². The van der Waals surface area contributed by atoms with E-state index in [1.54, 1.807) is 24.3 Å². The Morgan fingerprint density at radius 2 is 1.64 bits per heavy atom. The Morgan fingerprint density at radius 3 is 2.28 bits per heavy atom. The highest BCUT2D eigenvalue weighted by atomic mass is 16.5. The van der Waals surface area contributed by atoms with Gasteiger partial charge < -0.3 is 14.2 Å². The molecule has 0 saturated heterocycles. The highest BCUT2D eigenvalue weighted by molar-refractivity contribution is 5.78. The van der Waals surface area contributed by atoms with Crippen LogP contribution in [0.4, 0.5) is 0 Å². The lowest BCUT2D eigenvalue weighted by Crippen LogP contribution is -2.28. The number of ether oxygens (including phenoxy) is 3. The zero-order chi connectivity index (χ0) is 18.7. The van der Waals surface area contributed by atoms with E-state index in [9.17, 15) is 9.59 Å². The molecule has 0 unspecified atom stereocenters. The van der Waals surface area contributed by atoms with Crippen molar-refractivity contribution in [1.82, 2.24) is 0 Å². The minimum atomic E-state index is -0.444. The summed E-state index contributed by atoms with van der Waals surface area (Å²) in [6.45, 7) is 9.25. The molecule has 140 valence electrons. The van der Waals surface area contributed by atoms with Crippen molar-refractivity contribution in [2.24, 2.45) is 5.92 Å². The van der Waals surface area contributed by atoms with E-state index in [-0.39, 0.29) is 25.0 Å². The first-order valence-electron chi connectivity index (χ1n) is 8.84. The predicted molar refractivity (Wildman–Crippen MR) is 96.4 cm³/mol. The fourth-order valence-corrected chi connectivity index (χ4v) is 2.00. The fourth-order valence-electron chi connectivity index (χ4n) is 2.00. The lowest BCUT2D eigenvalue weighted by molar-refractivity contribution is -0.148. The van der Waals surface area contributed by atoms with Crippen LogP contribution in [-0.2, 0) is 19.1 Å². The van der Waals surface area contributed by atoms with E-state index in [1.165, 1.54) is 0 Å². The number of benzene rings is 1. The first-order valence-corrected chi connectivity index (χ1v) is 8.84. The SMILES string of the molecule is CC(C)CCOC(C)(C)CCOC(=O)CCC(=O)Oc1ccccc1. The molecule has 0 aromatic heterocycles. The first-order chi connectivity index (χ1) is 11.8. The van der Waals surface area contributed by atoms with Gasteiger partial charge in [0.1, 0.15) is 5.75 Å². The molecule has 5 heteroatoms. The van der Waals surface area contributed by atoms with Crippen molar-refractivity contribution in [2.75, 3.05) is 13.2 Å². The second-order valence-corrected chi connectivity index (χ2v) is 7.05. The van der Waals surface area contributed by atoms with Gasteiger partial charge in [-0.3, -0.25) is 9.59 Å². The van der Waals surface area contributed by atoms with E-state index in [0.29, 0.717) is 24.7 Å². The molecule has 0 bridgehead atoms. The van der Waals surface area contributed by atoms with Gasteiger partial charge >= 0.3 is 11.9 Å². The van der Waals surface area contributed by atoms with Crippen LogP contribution >= 0.6 is 0 Å². The Balaban J connectivity index is 2.16. The van der Waals surface area contributed by atoms with E-state index in [1.807, 2.05) is 19.9 Å². The molecule has 5 nitrogen and oxygen atoms in total. The third-order valence-corrected chi connectivity index (χ3v) is 3.66. The number of rotatable bonds is 11. The summed E-state index contributed by atoms with van der Waals surface area (Å²) in [4.78, 5) is 23.4. The van der Waals surface area contributed by atoms with Crippen LogP contribution in [-0.4, -0.2) is 30.8 Å². The fraction of sp³-hybridized carbons (Fsp3) is 0.600. The maximum Gasteiger partial charge on any atom is 0.311 e. The summed E-state index contributed by atoms with van der Waals surface area (Å²) in [7, 11) is 0. The van der Waals surface area contributed by atoms with Crippen molar-refractivity contribution >= 4 is 11.9 Å². The highest BCUT2D eigenvalue weighted by Gasteiger charge is 2.19. The van der Waals surface area contributed by atoms with Gasteiger partial charge in [0.15, 0.2) is 0 Å². The Hall–Kier alpha value is -1.88. The van der Waals surface area contributed by atoms with Crippen LogP contribution < -0.4 is 4.74 Å². The Bertz CT molecular complexity index is 522. The molecule has 0 atom stereocenters. The molecule has 0 aliphatic heterocycles. The molecule has 0 amide bonds. The van der Waals surface area contributed by atoms with Crippen LogP contribution in [0, 0.1) is 5.92 Å². The van der Waals surface area contributed by atoms with Crippen molar-refractivity contribution in [1.29, 1.82) is 0 Å². The molecule has 0 aliphatic carbocycles. The zero-order valence-electron chi connectivity index (χ0n) is 15.7. The van der Waals surface area contributed by atoms with Crippen LogP contribution in [0.25, 0.3) is 0 Å². The van der Waals surface area contributed by atoms with Crippen molar-refractivity contribution in [3.05, 3.63) is 30.3 Å². The molecule has 1 aromatic carbocycles. The normalized spacial score (nSPS) is 11.4. The maximum atomic E-state index is 11.7. The molecule has 0 aliphatic rings. The second kappa shape index (κ2) is 10.9. The average Bonchev–Trinajstić information content (AvgIpc) is 2.53. The highest BCUT2D eigenvalue weighted by Crippen LogP contribution is 2.16. The first kappa shape index (κ1) is 21.2. The average molecular weight is 350 g/mol. The molecule has 0 spiro atoms. The van der Waals surface area contributed by atoms with E-state index in [0.717, 1.165) is 6.42 Å². The quantitative estimate of drug-likeness (QED) is 0.443. The van der Waals surface area contributed by atoms with Crippen LogP contribution in [0.15, 0.2) is 30.3 Å². The molecule has 1 rings (SSSR count). The minimum absolute atomic E-state index is 0.00199. The van der Waals surface area contributed by atoms with E-state index < -0.39 is 11.9 Å². The maximum absolute atomic E-state index is 11.7. The Labute approximate surface area is 150 Å². The van der Waals surface area contributed by atoms with Gasteiger partial charge in [-0.15, -0.1) is 0 Å². The lowest BCUT2D eigenvalue weighted by Gasteiger charge is -2.25. The van der Waals surface area contributed by atoms with Crippen molar-refractivity contribution in [2.45, 2.75) is 59.0 Å². The number of carbonyl (C=O) groups excluding carboxylic acids is 2. The molecule has 25 heavy (non-hydrogen) atoms. The summed E-state index contributed by atoms with van der Waals surface area (Å²) >= 11 is 0. The summed E-state index contributed by atoms with van der Waals surface area (Å²) in [5, 5.41) is 0. The molecule has 0 fully saturated rings. The number of esters is 2. The molecular weight excluding hydrogens is 320 g/mol. The summed E-state index contributed by atoms with van der Waals surface area (Å²) < 4.78 is 16.1. The second-order valence-electron chi connectivity index (χ2n) is 7.05. The molecular formula is C20H30O5. The summed E-state index contributed by atoms with van der Waals surface area (Å²) in [5.41, 5.74) is -0.332. The third kappa shape index (κ3) is 10.6. The summed E-state index contributed by atoms with van der Waals surface area (Å²) in [5.74, 6) is 0.230. The van der Waals surface area contributed by atoms with Crippen LogP contribution in [0.5, 0.6) is 5.75 Å². The van der Waals surface area contributed by atoms with Gasteiger partial charge in [0.2, 0.25) is 0 Å². The third-order valence-electron chi connectivity index (χ3n) is 3.66. The molecule has 0 radical (unpaired) electrons.